The standard InChI is InChI=1S/C14H21N5O2/c1-11(2)9-16-13(21)12-3-4-15-14(17-12)19-7-5-18(10-20)6-8-19/h3-4,10-11H,5-9H2,1-2H3,(H,16,21). The first-order valence-electron chi connectivity index (χ1n) is 7.15. The number of rotatable bonds is 5. The highest BCUT2D eigenvalue weighted by atomic mass is 16.2. The van der Waals surface area contributed by atoms with Crippen molar-refractivity contribution in [3.8, 4) is 0 Å². The van der Waals surface area contributed by atoms with Crippen molar-refractivity contribution < 1.29 is 9.59 Å². The summed E-state index contributed by atoms with van der Waals surface area (Å²) in [6.07, 6.45) is 2.45. The molecule has 2 rings (SSSR count). The maximum atomic E-state index is 12.0. The summed E-state index contributed by atoms with van der Waals surface area (Å²) < 4.78 is 0. The van der Waals surface area contributed by atoms with Gasteiger partial charge in [-0.2, -0.15) is 0 Å². The van der Waals surface area contributed by atoms with Crippen LogP contribution in [0.3, 0.4) is 0 Å². The largest absolute Gasteiger partial charge is 0.350 e. The molecule has 1 saturated heterocycles. The minimum atomic E-state index is -0.182. The molecule has 0 unspecified atom stereocenters. The van der Waals surface area contributed by atoms with Crippen LogP contribution in [-0.4, -0.2) is 59.9 Å². The third kappa shape index (κ3) is 4.14. The van der Waals surface area contributed by atoms with Crippen molar-refractivity contribution in [3.05, 3.63) is 18.0 Å². The molecule has 1 N–H and O–H groups in total. The zero-order valence-electron chi connectivity index (χ0n) is 12.5. The molecule has 1 aromatic heterocycles. The van der Waals surface area contributed by atoms with Crippen molar-refractivity contribution in [2.75, 3.05) is 37.6 Å². The van der Waals surface area contributed by atoms with Crippen molar-refractivity contribution in [3.63, 3.8) is 0 Å². The maximum Gasteiger partial charge on any atom is 0.270 e. The van der Waals surface area contributed by atoms with Crippen molar-refractivity contribution in [1.82, 2.24) is 20.2 Å². The number of hydrogen-bond acceptors (Lipinski definition) is 5. The van der Waals surface area contributed by atoms with Gasteiger partial charge in [-0.1, -0.05) is 13.8 Å². The molecule has 0 radical (unpaired) electrons. The first-order chi connectivity index (χ1) is 10.1. The van der Waals surface area contributed by atoms with Gasteiger partial charge in [0, 0.05) is 38.9 Å². The lowest BCUT2D eigenvalue weighted by atomic mass is 10.2. The Morgan fingerprint density at radius 3 is 2.71 bits per heavy atom. The Morgan fingerprint density at radius 2 is 2.10 bits per heavy atom. The second-order valence-corrected chi connectivity index (χ2v) is 5.47. The molecular formula is C14H21N5O2. The van der Waals surface area contributed by atoms with E-state index in [2.05, 4.69) is 15.3 Å². The Hall–Kier alpha value is -2.18. The molecule has 2 amide bonds. The Balaban J connectivity index is 2.01. The number of piperazine rings is 1. The van der Waals surface area contributed by atoms with Gasteiger partial charge in [0.1, 0.15) is 5.69 Å². The molecule has 0 aromatic carbocycles. The summed E-state index contributed by atoms with van der Waals surface area (Å²) in [6, 6.07) is 1.61. The number of aromatic nitrogens is 2. The van der Waals surface area contributed by atoms with E-state index in [0.717, 1.165) is 6.41 Å². The van der Waals surface area contributed by atoms with Crippen molar-refractivity contribution >= 4 is 18.3 Å². The number of anilines is 1. The van der Waals surface area contributed by atoms with Gasteiger partial charge in [-0.25, -0.2) is 9.97 Å². The van der Waals surface area contributed by atoms with Crippen molar-refractivity contribution in [2.24, 2.45) is 5.92 Å². The van der Waals surface area contributed by atoms with E-state index in [1.165, 1.54) is 0 Å². The molecule has 1 aliphatic rings. The van der Waals surface area contributed by atoms with Gasteiger partial charge in [0.25, 0.3) is 5.91 Å². The van der Waals surface area contributed by atoms with Gasteiger partial charge in [0.05, 0.1) is 0 Å². The topological polar surface area (TPSA) is 78.4 Å². The van der Waals surface area contributed by atoms with E-state index in [0.29, 0.717) is 50.3 Å². The highest BCUT2D eigenvalue weighted by Gasteiger charge is 2.19. The van der Waals surface area contributed by atoms with Gasteiger partial charge >= 0.3 is 0 Å². The molecule has 0 bridgehead atoms. The van der Waals surface area contributed by atoms with E-state index in [4.69, 9.17) is 0 Å². The molecule has 7 nitrogen and oxygen atoms in total. The lowest BCUT2D eigenvalue weighted by molar-refractivity contribution is -0.118. The predicted molar refractivity (Wildman–Crippen MR) is 79.1 cm³/mol. The Bertz CT molecular complexity index is 498. The SMILES string of the molecule is CC(C)CNC(=O)c1ccnc(N2CCN(C=O)CC2)n1. The quantitative estimate of drug-likeness (QED) is 0.781. The molecule has 0 saturated carbocycles. The molecule has 114 valence electrons. The van der Waals surface area contributed by atoms with E-state index >= 15 is 0 Å². The third-order valence-corrected chi connectivity index (χ3v) is 3.29. The third-order valence-electron chi connectivity index (χ3n) is 3.29. The summed E-state index contributed by atoms with van der Waals surface area (Å²) in [7, 11) is 0. The molecule has 0 spiro atoms. The van der Waals surface area contributed by atoms with E-state index in [1.54, 1.807) is 17.2 Å². The van der Waals surface area contributed by atoms with Gasteiger partial charge in [-0.3, -0.25) is 9.59 Å². The number of amides is 2. The van der Waals surface area contributed by atoms with Crippen LogP contribution in [0.1, 0.15) is 24.3 Å². The molecule has 1 aliphatic heterocycles. The smallest absolute Gasteiger partial charge is 0.270 e. The fourth-order valence-corrected chi connectivity index (χ4v) is 2.04. The second kappa shape index (κ2) is 7.01. The van der Waals surface area contributed by atoms with Crippen LogP contribution in [-0.2, 0) is 4.79 Å². The molecular weight excluding hydrogens is 270 g/mol. The van der Waals surface area contributed by atoms with E-state index < -0.39 is 0 Å². The van der Waals surface area contributed by atoms with Crippen LogP contribution >= 0.6 is 0 Å². The van der Waals surface area contributed by atoms with Gasteiger partial charge in [-0.05, 0) is 12.0 Å². The molecule has 21 heavy (non-hydrogen) atoms. The minimum Gasteiger partial charge on any atom is -0.350 e. The normalized spacial score (nSPS) is 15.2. The number of nitrogens with zero attached hydrogens (tertiary/aromatic N) is 4. The summed E-state index contributed by atoms with van der Waals surface area (Å²) in [5.74, 6) is 0.753. The van der Waals surface area contributed by atoms with Crippen molar-refractivity contribution in [2.45, 2.75) is 13.8 Å². The van der Waals surface area contributed by atoms with E-state index in [-0.39, 0.29) is 5.91 Å². The van der Waals surface area contributed by atoms with Gasteiger partial charge in [0.15, 0.2) is 0 Å². The molecule has 7 heteroatoms. The van der Waals surface area contributed by atoms with Crippen LogP contribution in [0.4, 0.5) is 5.95 Å². The summed E-state index contributed by atoms with van der Waals surface area (Å²) in [5.41, 5.74) is 0.374. The van der Waals surface area contributed by atoms with Gasteiger partial charge in [-0.15, -0.1) is 0 Å². The number of hydrogen-bond donors (Lipinski definition) is 1. The molecule has 0 aliphatic carbocycles. The van der Waals surface area contributed by atoms with Gasteiger partial charge in [0.2, 0.25) is 12.4 Å². The van der Waals surface area contributed by atoms with Crippen LogP contribution in [0.5, 0.6) is 0 Å². The first-order valence-corrected chi connectivity index (χ1v) is 7.15. The van der Waals surface area contributed by atoms with Gasteiger partial charge < -0.3 is 15.1 Å². The summed E-state index contributed by atoms with van der Waals surface area (Å²) >= 11 is 0. The zero-order chi connectivity index (χ0) is 15.2. The summed E-state index contributed by atoms with van der Waals surface area (Å²) in [5, 5.41) is 2.84. The monoisotopic (exact) mass is 291 g/mol. The summed E-state index contributed by atoms with van der Waals surface area (Å²) in [4.78, 5) is 34.9. The Morgan fingerprint density at radius 1 is 1.38 bits per heavy atom. The lowest BCUT2D eigenvalue weighted by Crippen LogP contribution is -2.46. The molecule has 1 fully saturated rings. The summed E-state index contributed by atoms with van der Waals surface area (Å²) in [6.45, 7) is 7.35. The number of carbonyl (C=O) groups excluding carboxylic acids is 2. The molecule has 1 aromatic rings. The number of carbonyl (C=O) groups is 2. The van der Waals surface area contributed by atoms with Crippen LogP contribution in [0.15, 0.2) is 12.3 Å². The predicted octanol–water partition coefficient (Wildman–Crippen LogP) is 0.141. The minimum absolute atomic E-state index is 0.182. The van der Waals surface area contributed by atoms with Crippen LogP contribution in [0.25, 0.3) is 0 Å². The van der Waals surface area contributed by atoms with Crippen LogP contribution < -0.4 is 10.2 Å². The lowest BCUT2D eigenvalue weighted by Gasteiger charge is -2.32. The Kier molecular flexibility index (Phi) is 5.08. The zero-order valence-corrected chi connectivity index (χ0v) is 12.5. The Labute approximate surface area is 124 Å². The van der Waals surface area contributed by atoms with Crippen molar-refractivity contribution in [1.29, 1.82) is 0 Å². The fourth-order valence-electron chi connectivity index (χ4n) is 2.04. The van der Waals surface area contributed by atoms with Crippen LogP contribution in [0.2, 0.25) is 0 Å². The highest BCUT2D eigenvalue weighted by Crippen LogP contribution is 2.10. The average Bonchev–Trinajstić information content (AvgIpc) is 2.52. The molecule has 2 heterocycles. The van der Waals surface area contributed by atoms with E-state index in [9.17, 15) is 9.59 Å². The number of nitrogens with one attached hydrogen (secondary N) is 1. The van der Waals surface area contributed by atoms with E-state index in [1.807, 2.05) is 18.7 Å². The average molecular weight is 291 g/mol. The second-order valence-electron chi connectivity index (χ2n) is 5.47. The highest BCUT2D eigenvalue weighted by molar-refractivity contribution is 5.92. The first kappa shape index (κ1) is 15.2. The fraction of sp³-hybridized carbons (Fsp3) is 0.571. The molecule has 0 atom stereocenters. The maximum absolute atomic E-state index is 12.0. The van der Waals surface area contributed by atoms with Crippen LogP contribution in [0, 0.1) is 5.92 Å².